The first-order chi connectivity index (χ1) is 18.1. The average Bonchev–Trinajstić information content (AvgIpc) is 2.87. The van der Waals surface area contributed by atoms with E-state index < -0.39 is 23.5 Å². The molecule has 0 unspecified atom stereocenters. The number of anilines is 2. The van der Waals surface area contributed by atoms with Crippen molar-refractivity contribution in [1.82, 2.24) is 19.1 Å². The van der Waals surface area contributed by atoms with E-state index in [0.717, 1.165) is 21.3 Å². The average molecular weight is 528 g/mol. The molecule has 0 saturated heterocycles. The van der Waals surface area contributed by atoms with Crippen molar-refractivity contribution in [2.45, 2.75) is 26.0 Å². The van der Waals surface area contributed by atoms with Crippen LogP contribution < -0.4 is 31.9 Å². The first-order valence-electron chi connectivity index (χ1n) is 11.3. The van der Waals surface area contributed by atoms with Crippen LogP contribution in [0.3, 0.4) is 0 Å². The van der Waals surface area contributed by atoms with Crippen LogP contribution in [0.15, 0.2) is 76.4 Å². The number of alkyl halides is 3. The third kappa shape index (κ3) is 6.49. The van der Waals surface area contributed by atoms with E-state index in [4.69, 9.17) is 10.5 Å². The minimum atomic E-state index is -4.88. The van der Waals surface area contributed by atoms with E-state index in [9.17, 15) is 22.8 Å². The topological polar surface area (TPSA) is 126 Å². The normalized spacial score (nSPS) is 11.3. The Labute approximate surface area is 214 Å². The number of nitrogens with two attached hydrogens (primary N) is 1. The molecule has 0 atom stereocenters. The molecule has 2 aromatic carbocycles. The lowest BCUT2D eigenvalue weighted by Gasteiger charge is -2.17. The molecule has 2 heterocycles. The molecule has 2 aromatic heterocycles. The van der Waals surface area contributed by atoms with E-state index in [2.05, 4.69) is 20.0 Å². The summed E-state index contributed by atoms with van der Waals surface area (Å²) in [5.74, 6) is 0.321. The van der Waals surface area contributed by atoms with Gasteiger partial charge in [-0.25, -0.2) is 19.1 Å². The minimum absolute atomic E-state index is 0.0816. The molecule has 3 N–H and O–H groups in total. The van der Waals surface area contributed by atoms with Gasteiger partial charge < -0.3 is 20.5 Å². The monoisotopic (exact) mass is 528 g/mol. The Hall–Kier alpha value is -4.81. The second-order valence-electron chi connectivity index (χ2n) is 8.12. The zero-order valence-corrected chi connectivity index (χ0v) is 20.1. The number of hydrogen-bond acceptors (Lipinski definition) is 8. The van der Waals surface area contributed by atoms with Gasteiger partial charge in [-0.15, -0.1) is 13.2 Å². The largest absolute Gasteiger partial charge is 0.573 e. The van der Waals surface area contributed by atoms with E-state index in [1.807, 2.05) is 0 Å². The minimum Gasteiger partial charge on any atom is -0.497 e. The fraction of sp³-hybridized carbons (Fsp3) is 0.200. The Bertz CT molecular complexity index is 1530. The number of nitrogens with one attached hydrogen (secondary N) is 1. The summed E-state index contributed by atoms with van der Waals surface area (Å²) in [5, 5.41) is 2.92. The molecule has 0 fully saturated rings. The molecular formula is C25H23F3N6O4. The van der Waals surface area contributed by atoms with Crippen molar-refractivity contribution in [2.24, 2.45) is 0 Å². The molecule has 0 saturated carbocycles. The lowest BCUT2D eigenvalue weighted by atomic mass is 10.2. The van der Waals surface area contributed by atoms with Crippen LogP contribution in [0, 0.1) is 0 Å². The first-order valence-corrected chi connectivity index (χ1v) is 11.3. The lowest BCUT2D eigenvalue weighted by Crippen LogP contribution is -2.43. The molecule has 0 radical (unpaired) electrons. The van der Waals surface area contributed by atoms with E-state index in [-0.39, 0.29) is 31.4 Å². The Balaban J connectivity index is 1.72. The summed E-state index contributed by atoms with van der Waals surface area (Å²) in [6.07, 6.45) is -3.36. The predicted octanol–water partition coefficient (Wildman–Crippen LogP) is 3.00. The maximum Gasteiger partial charge on any atom is 0.573 e. The second kappa shape index (κ2) is 11.1. The van der Waals surface area contributed by atoms with E-state index in [1.165, 1.54) is 25.4 Å². The number of hydrogen-bond donors (Lipinski definition) is 2. The number of nitrogens with zero attached hydrogens (tertiary/aromatic N) is 4. The molecular weight excluding hydrogens is 505 g/mol. The second-order valence-corrected chi connectivity index (χ2v) is 8.12. The maximum atomic E-state index is 13.5. The molecule has 4 rings (SSSR count). The van der Waals surface area contributed by atoms with Crippen LogP contribution in [0.4, 0.5) is 24.9 Å². The smallest absolute Gasteiger partial charge is 0.497 e. The summed E-state index contributed by atoms with van der Waals surface area (Å²) in [4.78, 5) is 34.4. The highest BCUT2D eigenvalue weighted by Gasteiger charge is 2.31. The number of rotatable bonds is 9. The van der Waals surface area contributed by atoms with Crippen LogP contribution in [0.2, 0.25) is 0 Å². The molecule has 0 bridgehead atoms. The van der Waals surface area contributed by atoms with Gasteiger partial charge in [0, 0.05) is 18.3 Å². The highest BCUT2D eigenvalue weighted by molar-refractivity contribution is 5.41. The number of nitrogen functional groups attached to an aromatic ring is 1. The summed E-state index contributed by atoms with van der Waals surface area (Å²) in [7, 11) is 1.52. The van der Waals surface area contributed by atoms with Crippen molar-refractivity contribution in [3.05, 3.63) is 105 Å². The number of ether oxygens (including phenoxy) is 2. The number of pyridine rings is 1. The molecule has 10 nitrogen and oxygen atoms in total. The van der Waals surface area contributed by atoms with Crippen LogP contribution in [0.25, 0.3) is 0 Å². The fourth-order valence-corrected chi connectivity index (χ4v) is 3.65. The zero-order chi connectivity index (χ0) is 27.3. The molecule has 13 heteroatoms. The van der Waals surface area contributed by atoms with E-state index in [1.54, 1.807) is 36.4 Å². The predicted molar refractivity (Wildman–Crippen MR) is 133 cm³/mol. The van der Waals surface area contributed by atoms with E-state index >= 15 is 0 Å². The Morgan fingerprint density at radius 2 is 1.68 bits per heavy atom. The molecule has 0 spiro atoms. The molecule has 38 heavy (non-hydrogen) atoms. The van der Waals surface area contributed by atoms with Gasteiger partial charge in [-0.2, -0.15) is 4.98 Å². The zero-order valence-electron chi connectivity index (χ0n) is 20.1. The molecule has 0 aliphatic rings. The Morgan fingerprint density at radius 3 is 2.37 bits per heavy atom. The summed E-state index contributed by atoms with van der Waals surface area (Å²) in [6.45, 7) is -0.193. The van der Waals surface area contributed by atoms with Gasteiger partial charge in [0.25, 0.3) is 0 Å². The van der Waals surface area contributed by atoms with Crippen LogP contribution in [-0.4, -0.2) is 32.6 Å². The fourth-order valence-electron chi connectivity index (χ4n) is 3.65. The lowest BCUT2D eigenvalue weighted by molar-refractivity contribution is -0.274. The van der Waals surface area contributed by atoms with Crippen molar-refractivity contribution in [3.63, 3.8) is 0 Å². The number of halogens is 3. The Morgan fingerprint density at radius 1 is 0.947 bits per heavy atom. The number of benzene rings is 2. The molecule has 198 valence electrons. The van der Waals surface area contributed by atoms with Gasteiger partial charge in [0.05, 0.1) is 20.2 Å². The molecule has 0 aliphatic heterocycles. The standard InChI is InChI=1S/C25H23F3N6O4/c1-37-19-9-7-16(8-10-19)14-34-23(35)32-22(31-13-18-5-3-11-30-21(18)29)33(24(34)36)15-17-4-2-6-20(12-17)38-25(26,27)28/h2-12H,13-15H2,1H3,(H2,29,30)(H,31,32,35). The van der Waals surface area contributed by atoms with Crippen LogP contribution >= 0.6 is 0 Å². The Kier molecular flexibility index (Phi) is 7.65. The SMILES string of the molecule is COc1ccc(Cn2c(=O)nc(NCc3cccnc3N)n(Cc3cccc(OC(F)(F)F)c3)c2=O)cc1. The van der Waals surface area contributed by atoms with Crippen LogP contribution in [-0.2, 0) is 19.6 Å². The van der Waals surface area contributed by atoms with Crippen molar-refractivity contribution in [2.75, 3.05) is 18.2 Å². The number of aromatic nitrogens is 4. The summed E-state index contributed by atoms with van der Waals surface area (Å²) < 4.78 is 49.4. The van der Waals surface area contributed by atoms with Crippen molar-refractivity contribution in [1.29, 1.82) is 0 Å². The van der Waals surface area contributed by atoms with Crippen molar-refractivity contribution < 1.29 is 22.6 Å². The highest BCUT2D eigenvalue weighted by Crippen LogP contribution is 2.24. The summed E-state index contributed by atoms with van der Waals surface area (Å²) in [6, 6.07) is 15.3. The third-order valence-corrected chi connectivity index (χ3v) is 5.49. The van der Waals surface area contributed by atoms with Gasteiger partial charge >= 0.3 is 17.7 Å². The quantitative estimate of drug-likeness (QED) is 0.340. The maximum absolute atomic E-state index is 13.5. The van der Waals surface area contributed by atoms with Crippen molar-refractivity contribution in [3.8, 4) is 11.5 Å². The summed E-state index contributed by atoms with van der Waals surface area (Å²) in [5.41, 5.74) is 5.91. The van der Waals surface area contributed by atoms with Gasteiger partial charge in [-0.05, 0) is 41.5 Å². The molecule has 0 amide bonds. The van der Waals surface area contributed by atoms with Gasteiger partial charge in [0.15, 0.2) is 0 Å². The molecule has 0 aliphatic carbocycles. The van der Waals surface area contributed by atoms with Crippen LogP contribution in [0.5, 0.6) is 11.5 Å². The molecule has 4 aromatic rings. The van der Waals surface area contributed by atoms with Crippen LogP contribution in [0.1, 0.15) is 16.7 Å². The highest BCUT2D eigenvalue weighted by atomic mass is 19.4. The van der Waals surface area contributed by atoms with Gasteiger partial charge in [0.2, 0.25) is 5.95 Å². The van der Waals surface area contributed by atoms with E-state index in [0.29, 0.717) is 22.4 Å². The van der Waals surface area contributed by atoms with Gasteiger partial charge in [0.1, 0.15) is 17.3 Å². The third-order valence-electron chi connectivity index (χ3n) is 5.49. The van der Waals surface area contributed by atoms with Crippen molar-refractivity contribution >= 4 is 11.8 Å². The van der Waals surface area contributed by atoms with Gasteiger partial charge in [-0.3, -0.25) is 4.57 Å². The van der Waals surface area contributed by atoms with Gasteiger partial charge in [-0.1, -0.05) is 30.3 Å². The summed E-state index contributed by atoms with van der Waals surface area (Å²) >= 11 is 0. The number of methoxy groups -OCH3 is 1. The first kappa shape index (κ1) is 26.3.